The predicted molar refractivity (Wildman–Crippen MR) is 73.2 cm³/mol. The Morgan fingerprint density at radius 3 is 2.29 bits per heavy atom. The molecule has 0 radical (unpaired) electrons. The Morgan fingerprint density at radius 1 is 1.00 bits per heavy atom. The summed E-state index contributed by atoms with van der Waals surface area (Å²) in [5.41, 5.74) is 1.53. The minimum Gasteiger partial charge on any atom is -0.508 e. The number of rotatable bonds is 3. The number of carbonyl (C=O) groups is 1. The van der Waals surface area contributed by atoms with E-state index in [0.29, 0.717) is 17.1 Å². The van der Waals surface area contributed by atoms with E-state index in [2.05, 4.69) is 15.4 Å². The minimum absolute atomic E-state index is 0.156. The largest absolute Gasteiger partial charge is 0.508 e. The molecule has 0 atom stereocenters. The zero-order valence-corrected chi connectivity index (χ0v) is 10.7. The zero-order chi connectivity index (χ0) is 14.8. The molecule has 1 aromatic heterocycles. The zero-order valence-electron chi connectivity index (χ0n) is 10.7. The van der Waals surface area contributed by atoms with Crippen molar-refractivity contribution < 1.29 is 15.0 Å². The molecule has 1 heterocycles. The van der Waals surface area contributed by atoms with Gasteiger partial charge in [0.1, 0.15) is 5.75 Å². The van der Waals surface area contributed by atoms with E-state index in [-0.39, 0.29) is 11.3 Å². The molecule has 2 aromatic carbocycles. The first-order chi connectivity index (χ1) is 10.1. The van der Waals surface area contributed by atoms with Gasteiger partial charge in [0.25, 0.3) is 0 Å². The monoisotopic (exact) mass is 282 g/mol. The summed E-state index contributed by atoms with van der Waals surface area (Å²) in [5, 5.41) is 30.2. The van der Waals surface area contributed by atoms with Crippen LogP contribution in [0.25, 0.3) is 17.1 Å². The van der Waals surface area contributed by atoms with Gasteiger partial charge < -0.3 is 10.2 Å². The number of tetrazole rings is 1. The average Bonchev–Trinajstić information content (AvgIpc) is 2.98. The molecule has 0 saturated heterocycles. The van der Waals surface area contributed by atoms with Gasteiger partial charge >= 0.3 is 5.97 Å². The number of carboxylic acid groups (broad SMARTS) is 1. The molecule has 21 heavy (non-hydrogen) atoms. The lowest BCUT2D eigenvalue weighted by Gasteiger charge is -1.98. The summed E-state index contributed by atoms with van der Waals surface area (Å²) >= 11 is 0. The Kier molecular flexibility index (Phi) is 3.07. The Balaban J connectivity index is 1.90. The molecule has 0 aliphatic heterocycles. The van der Waals surface area contributed by atoms with Crippen LogP contribution in [0, 0.1) is 0 Å². The molecular formula is C14H10N4O3. The van der Waals surface area contributed by atoms with E-state index in [1.807, 2.05) is 0 Å². The smallest absolute Gasteiger partial charge is 0.335 e. The van der Waals surface area contributed by atoms with E-state index in [0.717, 1.165) is 0 Å². The number of phenols is 1. The number of benzene rings is 2. The summed E-state index contributed by atoms with van der Waals surface area (Å²) in [5.74, 6) is -0.439. The van der Waals surface area contributed by atoms with Crippen LogP contribution in [0.3, 0.4) is 0 Å². The van der Waals surface area contributed by atoms with Crippen LogP contribution < -0.4 is 0 Å². The Morgan fingerprint density at radius 2 is 1.67 bits per heavy atom. The molecule has 104 valence electrons. The van der Waals surface area contributed by atoms with Gasteiger partial charge in [0, 0.05) is 5.56 Å². The fourth-order valence-corrected chi connectivity index (χ4v) is 1.79. The lowest BCUT2D eigenvalue weighted by Crippen LogP contribution is -1.98. The predicted octanol–water partition coefficient (Wildman–Crippen LogP) is 1.73. The van der Waals surface area contributed by atoms with Gasteiger partial charge in [-0.15, -0.1) is 15.0 Å². The highest BCUT2D eigenvalue weighted by Crippen LogP contribution is 2.17. The second kappa shape index (κ2) is 5.04. The van der Waals surface area contributed by atoms with E-state index in [9.17, 15) is 9.90 Å². The van der Waals surface area contributed by atoms with Crippen molar-refractivity contribution >= 4 is 5.97 Å². The fraction of sp³-hybridized carbons (Fsp3) is 0. The van der Waals surface area contributed by atoms with Crippen molar-refractivity contribution in [1.29, 1.82) is 0 Å². The fourth-order valence-electron chi connectivity index (χ4n) is 1.79. The normalized spacial score (nSPS) is 10.5. The first-order valence-electron chi connectivity index (χ1n) is 6.06. The summed E-state index contributed by atoms with van der Waals surface area (Å²) in [6, 6.07) is 12.6. The third-order valence-electron chi connectivity index (χ3n) is 2.88. The van der Waals surface area contributed by atoms with E-state index in [4.69, 9.17) is 5.11 Å². The number of phenolic OH excluding ortho intramolecular Hbond substituents is 1. The quantitative estimate of drug-likeness (QED) is 0.758. The Hall–Kier alpha value is -3.22. The van der Waals surface area contributed by atoms with Gasteiger partial charge in [0.2, 0.25) is 5.82 Å². The van der Waals surface area contributed by atoms with Crippen molar-refractivity contribution in [3.63, 3.8) is 0 Å². The van der Waals surface area contributed by atoms with Crippen molar-refractivity contribution in [3.8, 4) is 22.8 Å². The summed E-state index contributed by atoms with van der Waals surface area (Å²) < 4.78 is 0. The van der Waals surface area contributed by atoms with E-state index < -0.39 is 5.97 Å². The first kappa shape index (κ1) is 12.8. The number of aromatic hydroxyl groups is 1. The summed E-state index contributed by atoms with van der Waals surface area (Å²) in [6.07, 6.45) is 0. The summed E-state index contributed by atoms with van der Waals surface area (Å²) in [6.45, 7) is 0. The molecule has 0 aliphatic carbocycles. The maximum atomic E-state index is 10.8. The van der Waals surface area contributed by atoms with Crippen molar-refractivity contribution in [2.24, 2.45) is 0 Å². The summed E-state index contributed by atoms with van der Waals surface area (Å²) in [4.78, 5) is 12.1. The van der Waals surface area contributed by atoms with Crippen molar-refractivity contribution in [1.82, 2.24) is 20.2 Å². The van der Waals surface area contributed by atoms with Crippen LogP contribution in [0.4, 0.5) is 0 Å². The lowest BCUT2D eigenvalue weighted by atomic mass is 10.1. The highest BCUT2D eigenvalue weighted by molar-refractivity contribution is 5.88. The molecule has 0 bridgehead atoms. The van der Waals surface area contributed by atoms with Crippen molar-refractivity contribution in [3.05, 3.63) is 54.1 Å². The molecule has 0 unspecified atom stereocenters. The van der Waals surface area contributed by atoms with Crippen molar-refractivity contribution in [2.75, 3.05) is 0 Å². The van der Waals surface area contributed by atoms with Crippen molar-refractivity contribution in [2.45, 2.75) is 0 Å². The van der Waals surface area contributed by atoms with Crippen LogP contribution in [-0.2, 0) is 0 Å². The molecule has 0 spiro atoms. The Bertz CT molecular complexity index is 779. The second-order valence-corrected chi connectivity index (χ2v) is 4.30. The maximum absolute atomic E-state index is 10.8. The van der Waals surface area contributed by atoms with Crippen LogP contribution in [0.1, 0.15) is 10.4 Å². The number of hydrogen-bond acceptors (Lipinski definition) is 5. The minimum atomic E-state index is -0.984. The molecule has 7 heteroatoms. The molecule has 0 amide bonds. The molecule has 0 saturated carbocycles. The van der Waals surface area contributed by atoms with Gasteiger partial charge in [-0.05, 0) is 41.6 Å². The first-order valence-corrected chi connectivity index (χ1v) is 6.06. The number of aromatic carboxylic acids is 1. The lowest BCUT2D eigenvalue weighted by molar-refractivity contribution is 0.0697. The number of nitrogens with zero attached hydrogens (tertiary/aromatic N) is 4. The molecular weight excluding hydrogens is 272 g/mol. The molecule has 7 nitrogen and oxygen atoms in total. The van der Waals surface area contributed by atoms with Crippen LogP contribution in [0.15, 0.2) is 48.5 Å². The average molecular weight is 282 g/mol. The summed E-state index contributed by atoms with van der Waals surface area (Å²) in [7, 11) is 0. The Labute approximate surface area is 119 Å². The van der Waals surface area contributed by atoms with Crippen LogP contribution in [-0.4, -0.2) is 36.4 Å². The van der Waals surface area contributed by atoms with Gasteiger partial charge in [-0.3, -0.25) is 0 Å². The van der Waals surface area contributed by atoms with Gasteiger partial charge in [-0.2, -0.15) is 0 Å². The van der Waals surface area contributed by atoms with E-state index >= 15 is 0 Å². The highest BCUT2D eigenvalue weighted by Gasteiger charge is 2.09. The van der Waals surface area contributed by atoms with Gasteiger partial charge in [0.15, 0.2) is 0 Å². The topological polar surface area (TPSA) is 101 Å². The third-order valence-corrected chi connectivity index (χ3v) is 2.88. The van der Waals surface area contributed by atoms with E-state index in [1.165, 1.54) is 29.1 Å². The third kappa shape index (κ3) is 2.57. The van der Waals surface area contributed by atoms with Gasteiger partial charge in [-0.1, -0.05) is 12.1 Å². The molecule has 0 fully saturated rings. The molecule has 3 rings (SSSR count). The maximum Gasteiger partial charge on any atom is 0.335 e. The SMILES string of the molecule is O=C(O)c1ccc(-c2nnn(-c3ccc(O)cc3)n2)cc1. The van der Waals surface area contributed by atoms with E-state index in [1.54, 1.807) is 24.3 Å². The molecule has 3 aromatic rings. The standard InChI is InChI=1S/C14H10N4O3/c19-12-7-5-11(6-8-12)18-16-13(15-17-18)9-1-3-10(4-2-9)14(20)21/h1-8,19H,(H,20,21). The van der Waals surface area contributed by atoms with Gasteiger partial charge in [-0.25, -0.2) is 4.79 Å². The molecule has 2 N–H and O–H groups in total. The number of aromatic nitrogens is 4. The number of hydrogen-bond donors (Lipinski definition) is 2. The van der Waals surface area contributed by atoms with Crippen LogP contribution >= 0.6 is 0 Å². The second-order valence-electron chi connectivity index (χ2n) is 4.30. The highest BCUT2D eigenvalue weighted by atomic mass is 16.4. The number of carboxylic acids is 1. The van der Waals surface area contributed by atoms with Crippen LogP contribution in [0.2, 0.25) is 0 Å². The van der Waals surface area contributed by atoms with Gasteiger partial charge in [0.05, 0.1) is 11.3 Å². The van der Waals surface area contributed by atoms with Crippen LogP contribution in [0.5, 0.6) is 5.75 Å². The molecule has 0 aliphatic rings.